The Bertz CT molecular complexity index is 477. The SMILES string of the molecule is CCC[C@@]1(CO)CN(c2cc(OC)nc(OC)n2)CC[C@H]1O. The third-order valence-corrected chi connectivity index (χ3v) is 4.33. The smallest absolute Gasteiger partial charge is 0.321 e. The van der Waals surface area contributed by atoms with Crippen LogP contribution in [-0.2, 0) is 0 Å². The van der Waals surface area contributed by atoms with Crippen molar-refractivity contribution in [2.75, 3.05) is 38.8 Å². The summed E-state index contributed by atoms with van der Waals surface area (Å²) in [5, 5.41) is 20.2. The van der Waals surface area contributed by atoms with Crippen LogP contribution in [-0.4, -0.2) is 60.2 Å². The molecule has 7 nitrogen and oxygen atoms in total. The van der Waals surface area contributed by atoms with E-state index in [1.54, 1.807) is 13.2 Å². The van der Waals surface area contributed by atoms with Gasteiger partial charge in [-0.25, -0.2) is 0 Å². The van der Waals surface area contributed by atoms with Gasteiger partial charge in [-0.2, -0.15) is 9.97 Å². The van der Waals surface area contributed by atoms with Gasteiger partial charge in [0.15, 0.2) is 0 Å². The Labute approximate surface area is 130 Å². The molecule has 0 aromatic carbocycles. The Morgan fingerprint density at radius 1 is 1.36 bits per heavy atom. The Morgan fingerprint density at radius 3 is 2.73 bits per heavy atom. The van der Waals surface area contributed by atoms with Crippen molar-refractivity contribution < 1.29 is 19.7 Å². The zero-order chi connectivity index (χ0) is 16.2. The predicted octanol–water partition coefficient (Wildman–Crippen LogP) is 0.844. The zero-order valence-electron chi connectivity index (χ0n) is 13.4. The van der Waals surface area contributed by atoms with Crippen molar-refractivity contribution in [1.82, 2.24) is 9.97 Å². The monoisotopic (exact) mass is 311 g/mol. The summed E-state index contributed by atoms with van der Waals surface area (Å²) >= 11 is 0. The third-order valence-electron chi connectivity index (χ3n) is 4.33. The minimum absolute atomic E-state index is 0.0438. The third kappa shape index (κ3) is 3.25. The first kappa shape index (κ1) is 16.8. The molecule has 1 aliphatic rings. The van der Waals surface area contributed by atoms with Gasteiger partial charge >= 0.3 is 6.01 Å². The summed E-state index contributed by atoms with van der Waals surface area (Å²) in [5.74, 6) is 1.11. The maximum Gasteiger partial charge on any atom is 0.321 e. The zero-order valence-corrected chi connectivity index (χ0v) is 13.4. The van der Waals surface area contributed by atoms with Crippen LogP contribution in [0.3, 0.4) is 0 Å². The van der Waals surface area contributed by atoms with Crippen LogP contribution in [0, 0.1) is 5.41 Å². The summed E-state index contributed by atoms with van der Waals surface area (Å²) in [7, 11) is 3.05. The quantitative estimate of drug-likeness (QED) is 0.805. The van der Waals surface area contributed by atoms with Crippen LogP contribution in [0.25, 0.3) is 0 Å². The number of hydrogen-bond acceptors (Lipinski definition) is 7. The molecule has 2 atom stereocenters. The number of rotatable bonds is 6. The lowest BCUT2D eigenvalue weighted by Gasteiger charge is -2.45. The molecule has 2 rings (SSSR count). The van der Waals surface area contributed by atoms with E-state index in [1.807, 2.05) is 4.90 Å². The number of methoxy groups -OCH3 is 2. The molecule has 0 aliphatic carbocycles. The maximum absolute atomic E-state index is 10.3. The molecule has 0 unspecified atom stereocenters. The fourth-order valence-electron chi connectivity index (χ4n) is 3.07. The molecule has 124 valence electrons. The number of nitrogens with zero attached hydrogens (tertiary/aromatic N) is 3. The second kappa shape index (κ2) is 7.11. The van der Waals surface area contributed by atoms with Crippen LogP contribution >= 0.6 is 0 Å². The van der Waals surface area contributed by atoms with Crippen molar-refractivity contribution in [2.24, 2.45) is 5.41 Å². The number of piperidine rings is 1. The van der Waals surface area contributed by atoms with E-state index in [1.165, 1.54) is 7.11 Å². The minimum atomic E-state index is -0.515. The summed E-state index contributed by atoms with van der Waals surface area (Å²) < 4.78 is 10.3. The Hall–Kier alpha value is -1.60. The summed E-state index contributed by atoms with van der Waals surface area (Å²) in [6.45, 7) is 3.22. The van der Waals surface area contributed by atoms with Crippen molar-refractivity contribution in [3.8, 4) is 11.9 Å². The largest absolute Gasteiger partial charge is 0.481 e. The molecule has 2 N–H and O–H groups in total. The van der Waals surface area contributed by atoms with Gasteiger partial charge in [-0.1, -0.05) is 13.3 Å². The Morgan fingerprint density at radius 2 is 2.14 bits per heavy atom. The van der Waals surface area contributed by atoms with Crippen molar-refractivity contribution in [3.63, 3.8) is 0 Å². The minimum Gasteiger partial charge on any atom is -0.481 e. The van der Waals surface area contributed by atoms with Crippen LogP contribution < -0.4 is 14.4 Å². The molecule has 0 saturated carbocycles. The highest BCUT2D eigenvalue weighted by atomic mass is 16.5. The van der Waals surface area contributed by atoms with E-state index in [-0.39, 0.29) is 12.6 Å². The van der Waals surface area contributed by atoms with Crippen LogP contribution in [0.15, 0.2) is 6.07 Å². The molecule has 1 aromatic heterocycles. The fourth-order valence-corrected chi connectivity index (χ4v) is 3.07. The molecule has 22 heavy (non-hydrogen) atoms. The lowest BCUT2D eigenvalue weighted by molar-refractivity contribution is -0.0353. The van der Waals surface area contributed by atoms with E-state index in [4.69, 9.17) is 9.47 Å². The van der Waals surface area contributed by atoms with Crippen LogP contribution in [0.4, 0.5) is 5.82 Å². The van der Waals surface area contributed by atoms with Crippen LogP contribution in [0.2, 0.25) is 0 Å². The average molecular weight is 311 g/mol. The molecule has 1 fully saturated rings. The number of aromatic nitrogens is 2. The topological polar surface area (TPSA) is 87.9 Å². The first-order chi connectivity index (χ1) is 10.6. The van der Waals surface area contributed by atoms with E-state index in [0.717, 1.165) is 12.8 Å². The number of aliphatic hydroxyl groups excluding tert-OH is 2. The number of aliphatic hydroxyl groups is 2. The lowest BCUT2D eigenvalue weighted by atomic mass is 9.74. The molecule has 1 aliphatic heterocycles. The van der Waals surface area contributed by atoms with Gasteiger partial charge in [-0.15, -0.1) is 0 Å². The molecule has 1 aromatic rings. The first-order valence-electron chi connectivity index (χ1n) is 7.59. The second-order valence-corrected chi connectivity index (χ2v) is 5.75. The van der Waals surface area contributed by atoms with E-state index < -0.39 is 11.5 Å². The molecule has 7 heteroatoms. The van der Waals surface area contributed by atoms with Gasteiger partial charge in [0.25, 0.3) is 0 Å². The molecule has 0 amide bonds. The molecule has 2 heterocycles. The van der Waals surface area contributed by atoms with Crippen molar-refractivity contribution in [1.29, 1.82) is 0 Å². The number of anilines is 1. The molecular formula is C15H25N3O4. The van der Waals surface area contributed by atoms with Crippen molar-refractivity contribution >= 4 is 5.82 Å². The standard InChI is InChI=1S/C15H25N3O4/c1-4-6-15(10-19)9-18(7-5-11(15)20)12-8-13(21-2)17-14(16-12)22-3/h8,11,19-20H,4-7,9-10H2,1-3H3/t11-,15+/m1/s1. The van der Waals surface area contributed by atoms with E-state index in [9.17, 15) is 10.2 Å². The van der Waals surface area contributed by atoms with Gasteiger partial charge in [0.1, 0.15) is 5.82 Å². The molecular weight excluding hydrogens is 286 g/mol. The van der Waals surface area contributed by atoms with Gasteiger partial charge in [0.2, 0.25) is 5.88 Å². The van der Waals surface area contributed by atoms with Crippen molar-refractivity contribution in [2.45, 2.75) is 32.3 Å². The highest BCUT2D eigenvalue weighted by Crippen LogP contribution is 2.36. The van der Waals surface area contributed by atoms with Gasteiger partial charge in [0, 0.05) is 24.6 Å². The summed E-state index contributed by atoms with van der Waals surface area (Å²) in [6.07, 6.45) is 1.76. The van der Waals surface area contributed by atoms with Gasteiger partial charge in [-0.3, -0.25) is 0 Å². The number of ether oxygens (including phenoxy) is 2. The summed E-state index contributed by atoms with van der Waals surface area (Å²) in [6, 6.07) is 1.99. The van der Waals surface area contributed by atoms with Gasteiger partial charge in [-0.05, 0) is 12.8 Å². The molecule has 1 saturated heterocycles. The normalized spacial score (nSPS) is 25.1. The Kier molecular flexibility index (Phi) is 5.42. The second-order valence-electron chi connectivity index (χ2n) is 5.75. The predicted molar refractivity (Wildman–Crippen MR) is 82.4 cm³/mol. The van der Waals surface area contributed by atoms with Crippen LogP contribution in [0.1, 0.15) is 26.2 Å². The summed E-state index contributed by atoms with van der Waals surface area (Å²) in [5.41, 5.74) is -0.515. The van der Waals surface area contributed by atoms with Crippen LogP contribution in [0.5, 0.6) is 11.9 Å². The molecule has 0 spiro atoms. The fraction of sp³-hybridized carbons (Fsp3) is 0.733. The van der Waals surface area contributed by atoms with E-state index in [0.29, 0.717) is 31.2 Å². The number of hydrogen-bond donors (Lipinski definition) is 2. The van der Waals surface area contributed by atoms with E-state index >= 15 is 0 Å². The maximum atomic E-state index is 10.3. The van der Waals surface area contributed by atoms with Gasteiger partial charge < -0.3 is 24.6 Å². The van der Waals surface area contributed by atoms with Gasteiger partial charge in [0.05, 0.1) is 26.9 Å². The Balaban J connectivity index is 2.29. The van der Waals surface area contributed by atoms with E-state index in [2.05, 4.69) is 16.9 Å². The molecule has 0 radical (unpaired) electrons. The summed E-state index contributed by atoms with van der Waals surface area (Å²) in [4.78, 5) is 10.5. The molecule has 0 bridgehead atoms. The average Bonchev–Trinajstić information content (AvgIpc) is 2.56. The lowest BCUT2D eigenvalue weighted by Crippen LogP contribution is -2.54. The highest BCUT2D eigenvalue weighted by Gasteiger charge is 2.42. The highest BCUT2D eigenvalue weighted by molar-refractivity contribution is 5.44. The first-order valence-corrected chi connectivity index (χ1v) is 7.59. The van der Waals surface area contributed by atoms with Crippen molar-refractivity contribution in [3.05, 3.63) is 6.07 Å².